The van der Waals surface area contributed by atoms with Gasteiger partial charge in [0.05, 0.1) is 6.61 Å². The molecule has 0 amide bonds. The summed E-state index contributed by atoms with van der Waals surface area (Å²) in [6, 6.07) is 7.79. The first-order valence-electron chi connectivity index (χ1n) is 6.22. The molecule has 0 fully saturated rings. The Hall–Kier alpha value is -1.14. The van der Waals surface area contributed by atoms with Crippen molar-refractivity contribution in [3.63, 3.8) is 0 Å². The number of nitrogens with zero attached hydrogens (tertiary/aromatic N) is 2. The van der Waals surface area contributed by atoms with E-state index in [1.165, 1.54) is 11.8 Å². The zero-order valence-electron chi connectivity index (χ0n) is 11.2. The maximum Gasteiger partial charge on any atom is 0.192 e. The van der Waals surface area contributed by atoms with Crippen molar-refractivity contribution in [2.24, 2.45) is 0 Å². The van der Waals surface area contributed by atoms with Gasteiger partial charge in [-0.1, -0.05) is 17.7 Å². The van der Waals surface area contributed by atoms with Gasteiger partial charge in [-0.2, -0.15) is 0 Å². The summed E-state index contributed by atoms with van der Waals surface area (Å²) in [5, 5.41) is 4.73. The minimum atomic E-state index is 0.691. The Kier molecular flexibility index (Phi) is 6.26. The number of halogens is 1. The van der Waals surface area contributed by atoms with Crippen LogP contribution in [0.3, 0.4) is 0 Å². The van der Waals surface area contributed by atoms with Gasteiger partial charge >= 0.3 is 0 Å². The average Bonchev–Trinajstić information content (AvgIpc) is 2.46. The zero-order chi connectivity index (χ0) is 14.2. The second-order valence-electron chi connectivity index (χ2n) is 4.06. The zero-order valence-corrected chi connectivity index (χ0v) is 12.7. The molecule has 4 nitrogen and oxygen atoms in total. The van der Waals surface area contributed by atoms with E-state index >= 15 is 0 Å². The lowest BCUT2D eigenvalue weighted by atomic mass is 10.2. The third kappa shape index (κ3) is 4.76. The van der Waals surface area contributed by atoms with Gasteiger partial charge in [0.15, 0.2) is 5.16 Å². The van der Waals surface area contributed by atoms with Gasteiger partial charge in [0, 0.05) is 42.5 Å². The van der Waals surface area contributed by atoms with Gasteiger partial charge in [0.1, 0.15) is 0 Å². The van der Waals surface area contributed by atoms with Crippen molar-refractivity contribution in [3.05, 3.63) is 47.2 Å². The third-order valence-corrected chi connectivity index (χ3v) is 3.81. The van der Waals surface area contributed by atoms with Crippen LogP contribution in [0.5, 0.6) is 0 Å². The van der Waals surface area contributed by atoms with Gasteiger partial charge in [-0.25, -0.2) is 9.97 Å². The summed E-state index contributed by atoms with van der Waals surface area (Å²) in [6.07, 6.45) is 3.45. The molecule has 0 saturated heterocycles. The molecule has 6 heteroatoms. The van der Waals surface area contributed by atoms with Crippen LogP contribution >= 0.6 is 23.4 Å². The van der Waals surface area contributed by atoms with Crippen molar-refractivity contribution in [2.45, 2.75) is 16.6 Å². The fourth-order valence-electron chi connectivity index (χ4n) is 1.58. The normalized spacial score (nSPS) is 10.7. The summed E-state index contributed by atoms with van der Waals surface area (Å²) >= 11 is 7.78. The molecular formula is C14H16ClN3OS. The van der Waals surface area contributed by atoms with Crippen LogP contribution in [0.4, 0.5) is 0 Å². The van der Waals surface area contributed by atoms with Crippen LogP contribution < -0.4 is 5.32 Å². The van der Waals surface area contributed by atoms with Crippen LogP contribution in [0.1, 0.15) is 5.56 Å². The van der Waals surface area contributed by atoms with Crippen LogP contribution in [0, 0.1) is 0 Å². The van der Waals surface area contributed by atoms with E-state index in [4.69, 9.17) is 16.3 Å². The molecule has 1 aromatic carbocycles. The summed E-state index contributed by atoms with van der Waals surface area (Å²) in [4.78, 5) is 9.39. The fourth-order valence-corrected chi connectivity index (χ4v) is 2.64. The van der Waals surface area contributed by atoms with E-state index in [9.17, 15) is 0 Å². The van der Waals surface area contributed by atoms with Crippen molar-refractivity contribution >= 4 is 23.4 Å². The van der Waals surface area contributed by atoms with Gasteiger partial charge in [-0.15, -0.1) is 0 Å². The third-order valence-electron chi connectivity index (χ3n) is 2.57. The highest BCUT2D eigenvalue weighted by molar-refractivity contribution is 7.99. The number of hydrogen-bond acceptors (Lipinski definition) is 5. The molecule has 1 aromatic heterocycles. The van der Waals surface area contributed by atoms with Gasteiger partial charge in [-0.05, 0) is 35.5 Å². The number of aromatic nitrogens is 2. The molecule has 2 aromatic rings. The highest BCUT2D eigenvalue weighted by Gasteiger charge is 2.04. The van der Waals surface area contributed by atoms with Gasteiger partial charge in [0.2, 0.25) is 0 Å². The molecule has 0 atom stereocenters. The Bertz CT molecular complexity index is 539. The van der Waals surface area contributed by atoms with E-state index in [0.29, 0.717) is 6.61 Å². The lowest BCUT2D eigenvalue weighted by molar-refractivity contribution is 0.199. The number of methoxy groups -OCH3 is 1. The molecular weight excluding hydrogens is 294 g/mol. The predicted octanol–water partition coefficient (Wildman–Crippen LogP) is 3.02. The average molecular weight is 310 g/mol. The Morgan fingerprint density at radius 3 is 2.80 bits per heavy atom. The standard InChI is InChI=1S/C14H16ClN3OS/c1-19-8-7-16-10-11-3-4-12(9-13(11)15)20-14-17-5-2-6-18-14/h2-6,9,16H,7-8,10H2,1H3. The number of ether oxygens (including phenoxy) is 1. The fraction of sp³-hybridized carbons (Fsp3) is 0.286. The molecule has 0 radical (unpaired) electrons. The molecule has 0 aliphatic rings. The molecule has 0 aliphatic heterocycles. The highest BCUT2D eigenvalue weighted by atomic mass is 35.5. The number of benzene rings is 1. The van der Waals surface area contributed by atoms with E-state index in [-0.39, 0.29) is 0 Å². The smallest absolute Gasteiger partial charge is 0.192 e. The predicted molar refractivity (Wildman–Crippen MR) is 81.2 cm³/mol. The van der Waals surface area contributed by atoms with Crippen LogP contribution in [-0.4, -0.2) is 30.2 Å². The first kappa shape index (κ1) is 15.3. The maximum atomic E-state index is 6.28. The molecule has 106 valence electrons. The van der Waals surface area contributed by atoms with Crippen molar-refractivity contribution < 1.29 is 4.74 Å². The van der Waals surface area contributed by atoms with E-state index in [1.807, 2.05) is 18.2 Å². The summed E-state index contributed by atoms with van der Waals surface area (Å²) in [6.45, 7) is 2.23. The van der Waals surface area contributed by atoms with Gasteiger partial charge in [0.25, 0.3) is 0 Å². The van der Waals surface area contributed by atoms with Crippen LogP contribution in [0.15, 0.2) is 46.7 Å². The van der Waals surface area contributed by atoms with Crippen LogP contribution in [0.2, 0.25) is 5.02 Å². The molecule has 0 unspecified atom stereocenters. The van der Waals surface area contributed by atoms with Gasteiger partial charge in [-0.3, -0.25) is 0 Å². The van der Waals surface area contributed by atoms with Gasteiger partial charge < -0.3 is 10.1 Å². The van der Waals surface area contributed by atoms with E-state index in [0.717, 1.165) is 33.7 Å². The molecule has 1 heterocycles. The van der Waals surface area contributed by atoms with E-state index in [1.54, 1.807) is 25.6 Å². The van der Waals surface area contributed by atoms with E-state index < -0.39 is 0 Å². The molecule has 20 heavy (non-hydrogen) atoms. The topological polar surface area (TPSA) is 47.0 Å². The van der Waals surface area contributed by atoms with Crippen molar-refractivity contribution in [1.82, 2.24) is 15.3 Å². The summed E-state index contributed by atoms with van der Waals surface area (Å²) in [5.41, 5.74) is 1.07. The summed E-state index contributed by atoms with van der Waals surface area (Å²) < 4.78 is 4.98. The van der Waals surface area contributed by atoms with Crippen molar-refractivity contribution in [1.29, 1.82) is 0 Å². The first-order chi connectivity index (χ1) is 9.79. The molecule has 1 N–H and O–H groups in total. The summed E-state index contributed by atoms with van der Waals surface area (Å²) in [7, 11) is 1.69. The SMILES string of the molecule is COCCNCc1ccc(Sc2ncccn2)cc1Cl. The number of hydrogen-bond donors (Lipinski definition) is 1. The number of rotatable bonds is 7. The molecule has 0 bridgehead atoms. The van der Waals surface area contributed by atoms with Crippen LogP contribution in [0.25, 0.3) is 0 Å². The summed E-state index contributed by atoms with van der Waals surface area (Å²) in [5.74, 6) is 0. The van der Waals surface area contributed by atoms with Crippen molar-refractivity contribution in [2.75, 3.05) is 20.3 Å². The first-order valence-corrected chi connectivity index (χ1v) is 7.42. The second kappa shape index (κ2) is 8.21. The van der Waals surface area contributed by atoms with E-state index in [2.05, 4.69) is 15.3 Å². The van der Waals surface area contributed by atoms with Crippen molar-refractivity contribution in [3.8, 4) is 0 Å². The highest BCUT2D eigenvalue weighted by Crippen LogP contribution is 2.28. The Labute approximate surface area is 127 Å². The monoisotopic (exact) mass is 309 g/mol. The Balaban J connectivity index is 1.95. The lowest BCUT2D eigenvalue weighted by Crippen LogP contribution is -2.18. The minimum Gasteiger partial charge on any atom is -0.383 e. The minimum absolute atomic E-state index is 0.691. The second-order valence-corrected chi connectivity index (χ2v) is 5.50. The Morgan fingerprint density at radius 2 is 2.10 bits per heavy atom. The largest absolute Gasteiger partial charge is 0.383 e. The quantitative estimate of drug-likeness (QED) is 0.629. The molecule has 0 aliphatic carbocycles. The molecule has 0 spiro atoms. The number of nitrogens with one attached hydrogen (secondary N) is 1. The molecule has 2 rings (SSSR count). The molecule has 0 saturated carbocycles. The maximum absolute atomic E-state index is 6.28. The Morgan fingerprint density at radius 1 is 1.30 bits per heavy atom. The lowest BCUT2D eigenvalue weighted by Gasteiger charge is -2.08. The van der Waals surface area contributed by atoms with Crippen LogP contribution in [-0.2, 0) is 11.3 Å².